The van der Waals surface area contributed by atoms with E-state index in [1.807, 2.05) is 0 Å². The second-order valence-electron chi connectivity index (χ2n) is 7.98. The summed E-state index contributed by atoms with van der Waals surface area (Å²) in [5.74, 6) is -4.01. The number of rotatable bonds is 22. The maximum absolute atomic E-state index is 11.1. The van der Waals surface area contributed by atoms with Gasteiger partial charge < -0.3 is 29.2 Å². The second kappa shape index (κ2) is 31.9. The van der Waals surface area contributed by atoms with Gasteiger partial charge in [-0.2, -0.15) is 0 Å². The van der Waals surface area contributed by atoms with Crippen molar-refractivity contribution in [3.05, 3.63) is 0 Å². The number of aliphatic carboxylic acids is 2. The zero-order valence-electron chi connectivity index (χ0n) is 23.4. The molecule has 15 nitrogen and oxygen atoms in total. The van der Waals surface area contributed by atoms with Crippen LogP contribution in [0.4, 0.5) is 0 Å². The van der Waals surface area contributed by atoms with E-state index in [2.05, 4.69) is 21.4 Å². The fourth-order valence-electron chi connectivity index (χ4n) is 2.42. The Morgan fingerprint density at radius 3 is 0.841 bits per heavy atom. The number of halogens is 4. The minimum atomic E-state index is -1.67. The average Bonchev–Trinajstić information content (AvgIpc) is 2.88. The molecule has 0 aromatic heterocycles. The van der Waals surface area contributed by atoms with Crippen LogP contribution >= 0.6 is 44.6 Å². The van der Waals surface area contributed by atoms with Crippen molar-refractivity contribution in [2.45, 2.75) is 77.0 Å². The molecule has 0 aliphatic carbocycles. The molecule has 0 saturated heterocycles. The van der Waals surface area contributed by atoms with Crippen LogP contribution in [0.25, 0.3) is 0 Å². The molecule has 44 heavy (non-hydrogen) atoms. The highest BCUT2D eigenvalue weighted by Gasteiger charge is 2.09. The van der Waals surface area contributed by atoms with Crippen LogP contribution in [0.15, 0.2) is 0 Å². The quantitative estimate of drug-likeness (QED) is 0.0700. The van der Waals surface area contributed by atoms with Gasteiger partial charge >= 0.3 is 35.8 Å². The highest BCUT2D eigenvalue weighted by atomic mass is 36.0. The summed E-state index contributed by atoms with van der Waals surface area (Å²) < 4.78 is 28.1. The van der Waals surface area contributed by atoms with Crippen molar-refractivity contribution in [2.75, 3.05) is 26.4 Å². The molecular weight excluding hydrogens is 702 g/mol. The molecule has 0 aromatic carbocycles. The third-order valence-electron chi connectivity index (χ3n) is 4.27. The zero-order valence-corrected chi connectivity index (χ0v) is 27.3. The molecule has 0 rings (SSSR count). The molecule has 0 aliphatic heterocycles. The molecular formula is C24H34Cl4O15S. The molecule has 0 bridgehead atoms. The van der Waals surface area contributed by atoms with Crippen molar-refractivity contribution in [3.63, 3.8) is 0 Å². The van der Waals surface area contributed by atoms with Gasteiger partial charge in [0.15, 0.2) is 0 Å². The summed E-state index contributed by atoms with van der Waals surface area (Å²) in [6.45, 7) is -0.297. The number of carbonyl (C=O) groups is 8. The average molecular weight is 736 g/mol. The molecule has 0 fully saturated rings. The Hall–Kier alpha value is -2.53. The summed E-state index contributed by atoms with van der Waals surface area (Å²) in [7, 11) is 7.36. The van der Waals surface area contributed by atoms with E-state index in [1.165, 1.54) is 0 Å². The van der Waals surface area contributed by atoms with E-state index < -0.39 is 55.5 Å². The Morgan fingerprint density at radius 1 is 0.455 bits per heavy atom. The topological polar surface area (TPSA) is 231 Å². The summed E-state index contributed by atoms with van der Waals surface area (Å²) in [6, 6.07) is 0. The van der Waals surface area contributed by atoms with Gasteiger partial charge in [-0.25, -0.2) is 4.21 Å². The smallest absolute Gasteiger partial charge is 0.305 e. The molecule has 0 saturated carbocycles. The zero-order chi connectivity index (χ0) is 34.3. The van der Waals surface area contributed by atoms with E-state index >= 15 is 0 Å². The van der Waals surface area contributed by atoms with Gasteiger partial charge in [0.05, 0.1) is 0 Å². The van der Waals surface area contributed by atoms with Crippen LogP contribution in [0.3, 0.4) is 0 Å². The number of esters is 4. The second-order valence-corrected chi connectivity index (χ2v) is 11.3. The lowest BCUT2D eigenvalue weighted by atomic mass is 10.2. The van der Waals surface area contributed by atoms with E-state index in [4.69, 9.17) is 56.6 Å². The highest BCUT2D eigenvalue weighted by Crippen LogP contribution is 2.03. The van der Waals surface area contributed by atoms with Gasteiger partial charge in [-0.15, -0.1) is 0 Å². The Bertz CT molecular complexity index is 807. The number of ether oxygens (including phenoxy) is 4. The number of hydrogen-bond acceptors (Lipinski definition) is 13. The molecule has 254 valence electrons. The Kier molecular flexibility index (Phi) is 33.3. The van der Waals surface area contributed by atoms with Crippen molar-refractivity contribution in [2.24, 2.45) is 0 Å². The van der Waals surface area contributed by atoms with Crippen molar-refractivity contribution < 1.29 is 71.7 Å². The first-order chi connectivity index (χ1) is 20.6. The van der Waals surface area contributed by atoms with E-state index in [0.717, 1.165) is 0 Å². The van der Waals surface area contributed by atoms with Gasteiger partial charge in [0.2, 0.25) is 19.7 Å². The largest absolute Gasteiger partial charge is 0.481 e. The molecule has 0 amide bonds. The first-order valence-corrected chi connectivity index (χ1v) is 16.3. The Balaban J connectivity index is -0.000000680. The van der Waals surface area contributed by atoms with Gasteiger partial charge in [0, 0.05) is 72.7 Å². The molecule has 20 heteroatoms. The number of carbonyl (C=O) groups excluding carboxylic acids is 6. The van der Waals surface area contributed by atoms with Crippen molar-refractivity contribution in [1.29, 1.82) is 0 Å². The van der Waals surface area contributed by atoms with E-state index in [-0.39, 0.29) is 90.6 Å². The normalized spacial score (nSPS) is 9.75. The molecule has 0 aliphatic rings. The first-order valence-electron chi connectivity index (χ1n) is 12.7. The highest BCUT2D eigenvalue weighted by molar-refractivity contribution is 8.26. The molecule has 2 N–H and O–H groups in total. The van der Waals surface area contributed by atoms with E-state index in [0.29, 0.717) is 12.8 Å². The third-order valence-corrected chi connectivity index (χ3v) is 4.65. The molecule has 0 unspecified atom stereocenters. The van der Waals surface area contributed by atoms with E-state index in [9.17, 15) is 38.4 Å². The standard InChI is InChI=1S/C12H16Cl2O6.C12H18O8.Cl2OS/c13-9(15)3-1-5-11(17)19-7-8-20-12(18)6-2-4-10(14)16;13-9(14)3-1-5-11(17)19-7-8-20-12(18)6-2-4-10(15)16;1-4(2)3/h1-8H2;1-8H2,(H,13,14)(H,15,16);. The predicted molar refractivity (Wildman–Crippen MR) is 156 cm³/mol. The summed E-state index contributed by atoms with van der Waals surface area (Å²) >= 11 is 10.2. The summed E-state index contributed by atoms with van der Waals surface area (Å²) in [5, 5.41) is 15.7. The minimum Gasteiger partial charge on any atom is -0.481 e. The monoisotopic (exact) mass is 734 g/mol. The maximum atomic E-state index is 11.1. The number of carboxylic acid groups (broad SMARTS) is 2. The molecule has 0 aromatic rings. The van der Waals surface area contributed by atoms with Crippen molar-refractivity contribution in [3.8, 4) is 0 Å². The minimum absolute atomic E-state index is 0.00113. The molecule has 0 radical (unpaired) electrons. The van der Waals surface area contributed by atoms with Crippen LogP contribution in [-0.4, -0.2) is 87.2 Å². The van der Waals surface area contributed by atoms with Gasteiger partial charge in [-0.3, -0.25) is 38.4 Å². The lowest BCUT2D eigenvalue weighted by Crippen LogP contribution is -2.14. The van der Waals surface area contributed by atoms with Gasteiger partial charge in [0.1, 0.15) is 26.4 Å². The molecule has 0 atom stereocenters. The van der Waals surface area contributed by atoms with Crippen LogP contribution < -0.4 is 0 Å². The van der Waals surface area contributed by atoms with Crippen LogP contribution in [0.1, 0.15) is 77.0 Å². The molecule has 0 spiro atoms. The van der Waals surface area contributed by atoms with Crippen LogP contribution in [-0.2, 0) is 66.5 Å². The number of carboxylic acids is 2. The van der Waals surface area contributed by atoms with E-state index in [1.54, 1.807) is 0 Å². The predicted octanol–water partition coefficient (Wildman–Crippen LogP) is 3.57. The van der Waals surface area contributed by atoms with Crippen molar-refractivity contribution in [1.82, 2.24) is 0 Å². The Labute approximate surface area is 274 Å². The Morgan fingerprint density at radius 2 is 0.659 bits per heavy atom. The number of hydrogen-bond donors (Lipinski definition) is 2. The van der Waals surface area contributed by atoms with Crippen LogP contribution in [0.5, 0.6) is 0 Å². The maximum Gasteiger partial charge on any atom is 0.305 e. The lowest BCUT2D eigenvalue weighted by molar-refractivity contribution is -0.152. The lowest BCUT2D eigenvalue weighted by Gasteiger charge is -2.05. The third kappa shape index (κ3) is 46.4. The van der Waals surface area contributed by atoms with Crippen molar-refractivity contribution >= 4 is 100 Å². The fraction of sp³-hybridized carbons (Fsp3) is 0.667. The van der Waals surface area contributed by atoms with Gasteiger partial charge in [-0.05, 0) is 48.9 Å². The fourth-order valence-corrected chi connectivity index (χ4v) is 2.69. The summed E-state index contributed by atoms with van der Waals surface area (Å²) in [6.07, 6.45) is 1.25. The van der Waals surface area contributed by atoms with Crippen LogP contribution in [0.2, 0.25) is 0 Å². The summed E-state index contributed by atoms with van der Waals surface area (Å²) in [5.41, 5.74) is 0. The molecule has 0 heterocycles. The van der Waals surface area contributed by atoms with Crippen LogP contribution in [0, 0.1) is 0 Å². The van der Waals surface area contributed by atoms with Gasteiger partial charge in [-0.1, -0.05) is 0 Å². The van der Waals surface area contributed by atoms with Gasteiger partial charge in [0.25, 0.3) is 0 Å². The first kappa shape index (κ1) is 45.9. The SMILES string of the molecule is O=C(Cl)CCCC(=O)OCCOC(=O)CCCC(=O)Cl.O=C(O)CCCC(=O)OCCOC(=O)CCCC(=O)O.O=S(Cl)Cl. The summed E-state index contributed by atoms with van der Waals surface area (Å²) in [4.78, 5) is 85.7.